The van der Waals surface area contributed by atoms with E-state index in [-0.39, 0.29) is 5.96 Å². The van der Waals surface area contributed by atoms with E-state index in [1.165, 1.54) is 6.21 Å². The molecule has 2 heterocycles. The van der Waals surface area contributed by atoms with E-state index in [0.717, 1.165) is 5.56 Å². The van der Waals surface area contributed by atoms with Crippen molar-refractivity contribution in [2.24, 2.45) is 21.7 Å². The molecule has 8 heteroatoms. The predicted octanol–water partition coefficient (Wildman–Crippen LogP) is 0.586. The zero-order valence-electron chi connectivity index (χ0n) is 11.6. The number of guanidine groups is 1. The van der Waals surface area contributed by atoms with E-state index in [0.29, 0.717) is 23.0 Å². The number of nitrogen functional groups attached to an aromatic ring is 1. The summed E-state index contributed by atoms with van der Waals surface area (Å²) in [6, 6.07) is 11.4. The molecule has 22 heavy (non-hydrogen) atoms. The Balaban J connectivity index is 2.21. The first-order chi connectivity index (χ1) is 10.6. The summed E-state index contributed by atoms with van der Waals surface area (Å²) >= 11 is 0. The van der Waals surface area contributed by atoms with E-state index in [1.54, 1.807) is 16.7 Å². The molecule has 0 fully saturated rings. The summed E-state index contributed by atoms with van der Waals surface area (Å²) in [4.78, 5) is 8.72. The Morgan fingerprint density at radius 2 is 1.86 bits per heavy atom. The number of rotatable bonds is 3. The van der Waals surface area contributed by atoms with E-state index < -0.39 is 0 Å². The van der Waals surface area contributed by atoms with Gasteiger partial charge in [0.2, 0.25) is 11.7 Å². The molecule has 3 aromatic rings. The molecule has 0 aliphatic heterocycles. The molecule has 0 radical (unpaired) electrons. The van der Waals surface area contributed by atoms with Gasteiger partial charge in [0.05, 0.1) is 11.9 Å². The highest BCUT2D eigenvalue weighted by molar-refractivity contribution is 5.89. The minimum Gasteiger partial charge on any atom is -0.384 e. The number of hydrogen-bond donors (Lipinski definition) is 3. The van der Waals surface area contributed by atoms with Gasteiger partial charge in [-0.2, -0.15) is 10.1 Å². The Morgan fingerprint density at radius 1 is 1.09 bits per heavy atom. The molecule has 1 aromatic carbocycles. The molecule has 0 saturated heterocycles. The van der Waals surface area contributed by atoms with Crippen LogP contribution in [-0.4, -0.2) is 26.5 Å². The summed E-state index contributed by atoms with van der Waals surface area (Å²) in [5.41, 5.74) is 18.6. The van der Waals surface area contributed by atoms with Crippen LogP contribution in [0.2, 0.25) is 0 Å². The number of aromatic nitrogens is 3. The smallest absolute Gasteiger partial charge is 0.236 e. The molecule has 2 aromatic heterocycles. The largest absolute Gasteiger partial charge is 0.384 e. The first-order valence-electron chi connectivity index (χ1n) is 6.47. The van der Waals surface area contributed by atoms with Crippen molar-refractivity contribution in [2.75, 3.05) is 5.73 Å². The Hall–Kier alpha value is -3.42. The van der Waals surface area contributed by atoms with Crippen LogP contribution in [0.1, 0.15) is 5.69 Å². The third-order valence-electron chi connectivity index (χ3n) is 2.95. The summed E-state index contributed by atoms with van der Waals surface area (Å²) in [5.74, 6) is 0.753. The second-order valence-corrected chi connectivity index (χ2v) is 4.50. The molecular formula is C14H14N8. The van der Waals surface area contributed by atoms with E-state index in [4.69, 9.17) is 17.2 Å². The molecule has 0 unspecified atom stereocenters. The summed E-state index contributed by atoms with van der Waals surface area (Å²) in [7, 11) is 0. The van der Waals surface area contributed by atoms with Gasteiger partial charge in [-0.1, -0.05) is 30.3 Å². The van der Waals surface area contributed by atoms with Crippen molar-refractivity contribution in [3.05, 3.63) is 48.3 Å². The van der Waals surface area contributed by atoms with Gasteiger partial charge in [0.1, 0.15) is 11.5 Å². The minimum atomic E-state index is -0.117. The molecular weight excluding hydrogens is 280 g/mol. The van der Waals surface area contributed by atoms with Crippen LogP contribution in [0, 0.1) is 0 Å². The number of benzene rings is 1. The van der Waals surface area contributed by atoms with Crippen LogP contribution in [0.3, 0.4) is 0 Å². The number of nitrogens with two attached hydrogens (primary N) is 3. The van der Waals surface area contributed by atoms with Crippen molar-refractivity contribution in [3.63, 3.8) is 0 Å². The normalized spacial score (nSPS) is 11.1. The Morgan fingerprint density at radius 3 is 2.59 bits per heavy atom. The second-order valence-electron chi connectivity index (χ2n) is 4.50. The van der Waals surface area contributed by atoms with Crippen LogP contribution in [0.25, 0.3) is 17.0 Å². The fourth-order valence-electron chi connectivity index (χ4n) is 2.04. The van der Waals surface area contributed by atoms with Crippen molar-refractivity contribution < 1.29 is 0 Å². The summed E-state index contributed by atoms with van der Waals surface area (Å²) in [6.07, 6.45) is 3.30. The van der Waals surface area contributed by atoms with Gasteiger partial charge in [0.15, 0.2) is 0 Å². The van der Waals surface area contributed by atoms with Crippen LogP contribution in [0.5, 0.6) is 0 Å². The van der Waals surface area contributed by atoms with Gasteiger partial charge in [-0.3, -0.25) is 4.40 Å². The van der Waals surface area contributed by atoms with Crippen LogP contribution in [-0.2, 0) is 0 Å². The Bertz CT molecular complexity index is 859. The molecule has 0 aliphatic carbocycles. The number of imidazole rings is 1. The molecule has 0 bridgehead atoms. The molecule has 0 aliphatic rings. The lowest BCUT2D eigenvalue weighted by Crippen LogP contribution is -2.21. The number of anilines is 1. The maximum Gasteiger partial charge on any atom is 0.236 e. The van der Waals surface area contributed by atoms with Gasteiger partial charge >= 0.3 is 0 Å². The van der Waals surface area contributed by atoms with Gasteiger partial charge in [-0.05, 0) is 6.07 Å². The molecule has 0 atom stereocenters. The summed E-state index contributed by atoms with van der Waals surface area (Å²) in [6.45, 7) is 0. The van der Waals surface area contributed by atoms with Gasteiger partial charge in [0.25, 0.3) is 0 Å². The number of fused-ring (bicyclic) bond motifs is 1. The molecule has 0 spiro atoms. The van der Waals surface area contributed by atoms with Gasteiger partial charge < -0.3 is 17.2 Å². The monoisotopic (exact) mass is 294 g/mol. The summed E-state index contributed by atoms with van der Waals surface area (Å²) in [5, 5.41) is 7.48. The number of hydrogen-bond acceptors (Lipinski definition) is 5. The first-order valence-corrected chi connectivity index (χ1v) is 6.47. The van der Waals surface area contributed by atoms with Crippen molar-refractivity contribution in [1.82, 2.24) is 14.4 Å². The standard InChI is InChI=1S/C14H14N8/c15-11-6-7-22-10(8-18-21-13(16)17)12(20-14(22)19-11)9-4-2-1-3-5-9/h1-8H,(H2,15,19,20)(H4,16,17,21)/b18-8+. The highest BCUT2D eigenvalue weighted by Gasteiger charge is 2.13. The third-order valence-corrected chi connectivity index (χ3v) is 2.95. The van der Waals surface area contributed by atoms with Crippen molar-refractivity contribution in [1.29, 1.82) is 0 Å². The SMILES string of the molecule is NC(N)=N/N=C/c1c(-c2ccccc2)nc2nc(N)ccn12. The van der Waals surface area contributed by atoms with Crippen molar-refractivity contribution >= 4 is 23.8 Å². The van der Waals surface area contributed by atoms with Gasteiger partial charge in [0, 0.05) is 11.8 Å². The minimum absolute atomic E-state index is 0.117. The second kappa shape index (κ2) is 5.52. The van der Waals surface area contributed by atoms with E-state index in [1.807, 2.05) is 30.3 Å². The van der Waals surface area contributed by atoms with Gasteiger partial charge in [-0.25, -0.2) is 4.98 Å². The topological polar surface area (TPSA) is 133 Å². The average Bonchev–Trinajstić information content (AvgIpc) is 2.86. The highest BCUT2D eigenvalue weighted by atomic mass is 15.3. The predicted molar refractivity (Wildman–Crippen MR) is 86.2 cm³/mol. The summed E-state index contributed by atoms with van der Waals surface area (Å²) < 4.78 is 1.77. The van der Waals surface area contributed by atoms with Crippen LogP contribution in [0.15, 0.2) is 52.8 Å². The quantitative estimate of drug-likeness (QED) is 0.369. The fourth-order valence-corrected chi connectivity index (χ4v) is 2.04. The van der Waals surface area contributed by atoms with Crippen molar-refractivity contribution in [3.8, 4) is 11.3 Å². The molecule has 3 rings (SSSR count). The maximum absolute atomic E-state index is 5.71. The molecule has 0 saturated carbocycles. The van der Waals surface area contributed by atoms with Gasteiger partial charge in [-0.15, -0.1) is 5.10 Å². The Labute approximate surface area is 126 Å². The maximum atomic E-state index is 5.71. The van der Waals surface area contributed by atoms with E-state index in [2.05, 4.69) is 20.2 Å². The third kappa shape index (κ3) is 2.57. The Kier molecular flexibility index (Phi) is 3.40. The first kappa shape index (κ1) is 13.6. The fraction of sp³-hybridized carbons (Fsp3) is 0. The average molecular weight is 294 g/mol. The highest BCUT2D eigenvalue weighted by Crippen LogP contribution is 2.22. The molecule has 0 amide bonds. The van der Waals surface area contributed by atoms with Crippen LogP contribution < -0.4 is 17.2 Å². The van der Waals surface area contributed by atoms with Crippen molar-refractivity contribution in [2.45, 2.75) is 0 Å². The van der Waals surface area contributed by atoms with E-state index in [9.17, 15) is 0 Å². The lowest BCUT2D eigenvalue weighted by molar-refractivity contribution is 1.10. The zero-order chi connectivity index (χ0) is 15.5. The van der Waals surface area contributed by atoms with Crippen LogP contribution >= 0.6 is 0 Å². The lowest BCUT2D eigenvalue weighted by Gasteiger charge is -1.99. The van der Waals surface area contributed by atoms with E-state index >= 15 is 0 Å². The van der Waals surface area contributed by atoms with Crippen LogP contribution in [0.4, 0.5) is 5.82 Å². The molecule has 6 N–H and O–H groups in total. The molecule has 110 valence electrons. The number of nitrogens with zero attached hydrogens (tertiary/aromatic N) is 5. The lowest BCUT2D eigenvalue weighted by atomic mass is 10.1. The zero-order valence-corrected chi connectivity index (χ0v) is 11.6. The molecule has 8 nitrogen and oxygen atoms in total.